The second-order valence-corrected chi connectivity index (χ2v) is 8.64. The summed E-state index contributed by atoms with van der Waals surface area (Å²) in [6.07, 6.45) is 7.14. The number of aromatic nitrogens is 2. The van der Waals surface area contributed by atoms with E-state index in [1.807, 2.05) is 23.1 Å². The van der Waals surface area contributed by atoms with Gasteiger partial charge in [0.15, 0.2) is 0 Å². The minimum atomic E-state index is -0.271. The summed E-state index contributed by atoms with van der Waals surface area (Å²) in [5, 5.41) is 0. The van der Waals surface area contributed by atoms with E-state index in [9.17, 15) is 9.18 Å². The predicted molar refractivity (Wildman–Crippen MR) is 127 cm³/mol. The normalized spacial score (nSPS) is 15.9. The molecule has 0 saturated carbocycles. The number of benzene rings is 2. The molecule has 6 heteroatoms. The van der Waals surface area contributed by atoms with Crippen molar-refractivity contribution in [2.75, 3.05) is 6.54 Å². The summed E-state index contributed by atoms with van der Waals surface area (Å²) in [6, 6.07) is 20.0. The highest BCUT2D eigenvalue weighted by Crippen LogP contribution is 2.32. The van der Waals surface area contributed by atoms with E-state index in [4.69, 9.17) is 4.42 Å². The van der Waals surface area contributed by atoms with Gasteiger partial charge in [0.2, 0.25) is 5.89 Å². The van der Waals surface area contributed by atoms with Gasteiger partial charge in [-0.15, -0.1) is 0 Å². The van der Waals surface area contributed by atoms with E-state index >= 15 is 0 Å². The Morgan fingerprint density at radius 3 is 2.68 bits per heavy atom. The van der Waals surface area contributed by atoms with Crippen molar-refractivity contribution in [1.29, 1.82) is 0 Å². The van der Waals surface area contributed by atoms with Crippen LogP contribution >= 0.6 is 0 Å². The fraction of sp³-hybridized carbons (Fsp3) is 0.250. The largest absolute Gasteiger partial charge is 0.443 e. The zero-order valence-corrected chi connectivity index (χ0v) is 18.9. The molecule has 0 bridgehead atoms. The predicted octanol–water partition coefficient (Wildman–Crippen LogP) is 5.76. The van der Waals surface area contributed by atoms with Crippen molar-refractivity contribution in [3.63, 3.8) is 0 Å². The molecular formula is C28H26FN3O2. The van der Waals surface area contributed by atoms with E-state index in [-0.39, 0.29) is 17.8 Å². The van der Waals surface area contributed by atoms with Gasteiger partial charge in [0, 0.05) is 36.8 Å². The third-order valence-corrected chi connectivity index (χ3v) is 6.23. The van der Waals surface area contributed by atoms with Gasteiger partial charge in [-0.3, -0.25) is 9.78 Å². The quantitative estimate of drug-likeness (QED) is 0.371. The van der Waals surface area contributed by atoms with Crippen molar-refractivity contribution in [2.45, 2.75) is 38.1 Å². The molecule has 2 aromatic heterocycles. The van der Waals surface area contributed by atoms with Crippen LogP contribution in [0.5, 0.6) is 0 Å². The molecule has 1 amide bonds. The number of nitrogens with zero attached hydrogens (tertiary/aromatic N) is 3. The SMILES string of the molecule is O=C(c1ccnc(Cc2ccccc2F)c1)N1CCCCC1c1ncc(Cc2ccccc2)o1. The molecule has 4 aromatic rings. The van der Waals surface area contributed by atoms with Crippen LogP contribution in [-0.2, 0) is 12.8 Å². The average Bonchev–Trinajstić information content (AvgIpc) is 3.34. The maximum absolute atomic E-state index is 14.1. The van der Waals surface area contributed by atoms with Gasteiger partial charge in [0.25, 0.3) is 5.91 Å². The van der Waals surface area contributed by atoms with E-state index in [0.29, 0.717) is 42.1 Å². The standard InChI is InChI=1S/C28H26FN3O2/c29-25-11-5-4-10-21(25)17-23-18-22(13-14-30-23)28(33)32-15-7-6-12-26(32)27-31-19-24(34-27)16-20-8-2-1-3-9-20/h1-5,8-11,13-14,18-19,26H,6-7,12,15-17H2. The molecule has 1 fully saturated rings. The summed E-state index contributed by atoms with van der Waals surface area (Å²) < 4.78 is 20.2. The van der Waals surface area contributed by atoms with Crippen molar-refractivity contribution >= 4 is 5.91 Å². The maximum atomic E-state index is 14.1. The molecule has 0 aliphatic carbocycles. The lowest BCUT2D eigenvalue weighted by atomic mass is 10.00. The van der Waals surface area contributed by atoms with E-state index < -0.39 is 0 Å². The minimum Gasteiger partial charge on any atom is -0.443 e. The van der Waals surface area contributed by atoms with Crippen molar-refractivity contribution in [1.82, 2.24) is 14.9 Å². The Kier molecular flexibility index (Phi) is 6.47. The summed E-state index contributed by atoms with van der Waals surface area (Å²) in [7, 11) is 0. The summed E-state index contributed by atoms with van der Waals surface area (Å²) in [6.45, 7) is 0.644. The highest BCUT2D eigenvalue weighted by Gasteiger charge is 2.32. The molecule has 5 rings (SSSR count). The summed E-state index contributed by atoms with van der Waals surface area (Å²) in [5.41, 5.74) is 2.91. The van der Waals surface area contributed by atoms with E-state index in [0.717, 1.165) is 30.6 Å². The number of likely N-dealkylation sites (tertiary alicyclic amines) is 1. The maximum Gasteiger partial charge on any atom is 0.254 e. The fourth-order valence-corrected chi connectivity index (χ4v) is 4.50. The molecule has 0 N–H and O–H groups in total. The van der Waals surface area contributed by atoms with E-state index in [2.05, 4.69) is 22.1 Å². The molecule has 1 aliphatic heterocycles. The van der Waals surface area contributed by atoms with Gasteiger partial charge in [-0.05, 0) is 48.6 Å². The Morgan fingerprint density at radius 1 is 1.00 bits per heavy atom. The topological polar surface area (TPSA) is 59.2 Å². The Balaban J connectivity index is 1.34. The molecule has 34 heavy (non-hydrogen) atoms. The molecular weight excluding hydrogens is 429 g/mol. The third kappa shape index (κ3) is 4.91. The van der Waals surface area contributed by atoms with Crippen LogP contribution in [0.15, 0.2) is 83.5 Å². The summed E-state index contributed by atoms with van der Waals surface area (Å²) >= 11 is 0. The molecule has 0 radical (unpaired) electrons. The Bertz CT molecular complexity index is 1270. The Hall–Kier alpha value is -3.80. The van der Waals surface area contributed by atoms with Gasteiger partial charge in [-0.1, -0.05) is 48.5 Å². The molecule has 1 atom stereocenters. The summed E-state index contributed by atoms with van der Waals surface area (Å²) in [4.78, 5) is 24.2. The van der Waals surface area contributed by atoms with E-state index in [1.165, 1.54) is 6.07 Å². The number of hydrogen-bond acceptors (Lipinski definition) is 4. The monoisotopic (exact) mass is 455 g/mol. The van der Waals surface area contributed by atoms with Crippen LogP contribution in [-0.4, -0.2) is 27.3 Å². The van der Waals surface area contributed by atoms with Crippen molar-refractivity contribution in [2.24, 2.45) is 0 Å². The van der Waals surface area contributed by atoms with Crippen molar-refractivity contribution < 1.29 is 13.6 Å². The van der Waals surface area contributed by atoms with Crippen LogP contribution in [0.25, 0.3) is 0 Å². The molecule has 5 nitrogen and oxygen atoms in total. The summed E-state index contributed by atoms with van der Waals surface area (Å²) in [5.74, 6) is 1.02. The number of carbonyl (C=O) groups excluding carboxylic acids is 1. The lowest BCUT2D eigenvalue weighted by molar-refractivity contribution is 0.0570. The second kappa shape index (κ2) is 10.00. The van der Waals surface area contributed by atoms with Crippen molar-refractivity contribution in [3.05, 3.63) is 119 Å². The van der Waals surface area contributed by atoms with Crippen molar-refractivity contribution in [3.8, 4) is 0 Å². The number of hydrogen-bond donors (Lipinski definition) is 0. The van der Waals surface area contributed by atoms with Crippen LogP contribution in [0.3, 0.4) is 0 Å². The number of pyridine rings is 1. The van der Waals surface area contributed by atoms with Gasteiger partial charge >= 0.3 is 0 Å². The van der Waals surface area contributed by atoms with Crippen LogP contribution < -0.4 is 0 Å². The molecule has 3 heterocycles. The van der Waals surface area contributed by atoms with Gasteiger partial charge in [-0.25, -0.2) is 9.37 Å². The molecule has 0 spiro atoms. The zero-order valence-electron chi connectivity index (χ0n) is 18.9. The molecule has 1 aliphatic rings. The number of oxazole rings is 1. The minimum absolute atomic E-state index is 0.0790. The lowest BCUT2D eigenvalue weighted by Gasteiger charge is -2.34. The molecule has 1 saturated heterocycles. The first-order valence-electron chi connectivity index (χ1n) is 11.7. The average molecular weight is 456 g/mol. The van der Waals surface area contributed by atoms with Crippen LogP contribution in [0, 0.1) is 5.82 Å². The Labute approximate surface area is 198 Å². The smallest absolute Gasteiger partial charge is 0.254 e. The second-order valence-electron chi connectivity index (χ2n) is 8.64. The molecule has 2 aromatic carbocycles. The Morgan fingerprint density at radius 2 is 1.82 bits per heavy atom. The van der Waals surface area contributed by atoms with Gasteiger partial charge in [0.05, 0.1) is 6.20 Å². The third-order valence-electron chi connectivity index (χ3n) is 6.23. The molecule has 1 unspecified atom stereocenters. The fourth-order valence-electron chi connectivity index (χ4n) is 4.50. The lowest BCUT2D eigenvalue weighted by Crippen LogP contribution is -2.38. The van der Waals surface area contributed by atoms with E-state index in [1.54, 1.807) is 42.7 Å². The van der Waals surface area contributed by atoms with Crippen LogP contribution in [0.2, 0.25) is 0 Å². The first kappa shape index (κ1) is 22.0. The molecule has 172 valence electrons. The van der Waals surface area contributed by atoms with Crippen LogP contribution in [0.1, 0.15) is 64.1 Å². The number of halogens is 1. The number of amides is 1. The highest BCUT2D eigenvalue weighted by atomic mass is 19.1. The first-order chi connectivity index (χ1) is 16.7. The number of piperidine rings is 1. The van der Waals surface area contributed by atoms with Gasteiger partial charge < -0.3 is 9.32 Å². The highest BCUT2D eigenvalue weighted by molar-refractivity contribution is 5.94. The van der Waals surface area contributed by atoms with Crippen LogP contribution in [0.4, 0.5) is 4.39 Å². The van der Waals surface area contributed by atoms with Gasteiger partial charge in [-0.2, -0.15) is 0 Å². The number of rotatable bonds is 6. The number of carbonyl (C=O) groups is 1. The first-order valence-corrected chi connectivity index (χ1v) is 11.7. The van der Waals surface area contributed by atoms with Gasteiger partial charge in [0.1, 0.15) is 17.6 Å². The zero-order chi connectivity index (χ0) is 23.3.